The molecule has 1 aliphatic heterocycles. The zero-order chi connectivity index (χ0) is 17.8. The van der Waals surface area contributed by atoms with Crippen molar-refractivity contribution in [2.24, 2.45) is 13.0 Å². The minimum Gasteiger partial charge on any atom is -0.336 e. The van der Waals surface area contributed by atoms with E-state index >= 15 is 0 Å². The van der Waals surface area contributed by atoms with Crippen LogP contribution in [0.2, 0.25) is 0 Å². The van der Waals surface area contributed by atoms with Crippen LogP contribution in [-0.4, -0.2) is 64.2 Å². The SMILES string of the molecule is Cc1cc(C(=O)N(CCN2CCNC2=O)CC2CC=CCC2)nn1C. The van der Waals surface area contributed by atoms with Crippen molar-refractivity contribution in [2.45, 2.75) is 26.2 Å². The number of nitrogens with zero attached hydrogens (tertiary/aromatic N) is 4. The zero-order valence-electron chi connectivity index (χ0n) is 15.1. The van der Waals surface area contributed by atoms with Gasteiger partial charge in [0.15, 0.2) is 5.69 Å². The summed E-state index contributed by atoms with van der Waals surface area (Å²) in [5, 5.41) is 7.14. The third kappa shape index (κ3) is 4.21. The van der Waals surface area contributed by atoms with Gasteiger partial charge in [0.05, 0.1) is 0 Å². The molecular formula is C18H27N5O2. The summed E-state index contributed by atoms with van der Waals surface area (Å²) >= 11 is 0. The standard InChI is InChI=1S/C18H27N5O2/c1-14-12-16(20-21(14)2)17(24)23(13-15-6-4-3-5-7-15)11-10-22-9-8-19-18(22)25/h3-4,12,15H,5-11,13H2,1-2H3,(H,19,25). The van der Waals surface area contributed by atoms with Gasteiger partial charge in [-0.2, -0.15) is 5.10 Å². The quantitative estimate of drug-likeness (QED) is 0.795. The molecule has 25 heavy (non-hydrogen) atoms. The summed E-state index contributed by atoms with van der Waals surface area (Å²) in [7, 11) is 1.84. The van der Waals surface area contributed by atoms with Gasteiger partial charge in [0.25, 0.3) is 5.91 Å². The van der Waals surface area contributed by atoms with Gasteiger partial charge < -0.3 is 15.1 Å². The third-order valence-corrected chi connectivity index (χ3v) is 5.06. The Morgan fingerprint density at radius 3 is 2.88 bits per heavy atom. The Bertz CT molecular complexity index is 647. The number of carbonyl (C=O) groups is 2. The van der Waals surface area contributed by atoms with Crippen molar-refractivity contribution in [3.63, 3.8) is 0 Å². The average Bonchev–Trinajstić information content (AvgIpc) is 3.17. The maximum Gasteiger partial charge on any atom is 0.317 e. The number of hydrogen-bond acceptors (Lipinski definition) is 3. The fraction of sp³-hybridized carbons (Fsp3) is 0.611. The van der Waals surface area contributed by atoms with Crippen LogP contribution in [0, 0.1) is 12.8 Å². The molecule has 1 saturated heterocycles. The molecule has 7 heteroatoms. The van der Waals surface area contributed by atoms with E-state index in [0.29, 0.717) is 44.3 Å². The van der Waals surface area contributed by atoms with Crippen LogP contribution < -0.4 is 5.32 Å². The van der Waals surface area contributed by atoms with Gasteiger partial charge in [-0.3, -0.25) is 9.48 Å². The Kier molecular flexibility index (Phi) is 5.40. The molecule has 0 radical (unpaired) electrons. The lowest BCUT2D eigenvalue weighted by molar-refractivity contribution is 0.0704. The monoisotopic (exact) mass is 345 g/mol. The molecule has 2 aliphatic rings. The summed E-state index contributed by atoms with van der Waals surface area (Å²) in [6.07, 6.45) is 7.60. The predicted molar refractivity (Wildman–Crippen MR) is 95.3 cm³/mol. The highest BCUT2D eigenvalue weighted by atomic mass is 16.2. The first-order valence-electron chi connectivity index (χ1n) is 9.02. The molecule has 1 aromatic rings. The first-order valence-corrected chi connectivity index (χ1v) is 9.02. The van der Waals surface area contributed by atoms with Crippen LogP contribution >= 0.6 is 0 Å². The molecule has 7 nitrogen and oxygen atoms in total. The van der Waals surface area contributed by atoms with Crippen LogP contribution in [0.1, 0.15) is 35.4 Å². The molecule has 1 N–H and O–H groups in total. The molecule has 0 spiro atoms. The number of aromatic nitrogens is 2. The summed E-state index contributed by atoms with van der Waals surface area (Å²) < 4.78 is 1.72. The second-order valence-electron chi connectivity index (χ2n) is 6.92. The van der Waals surface area contributed by atoms with E-state index in [1.165, 1.54) is 0 Å². The lowest BCUT2D eigenvalue weighted by Crippen LogP contribution is -2.42. The fourth-order valence-electron chi connectivity index (χ4n) is 3.40. The molecule has 3 amide bonds. The fourth-order valence-corrected chi connectivity index (χ4v) is 3.40. The van der Waals surface area contributed by atoms with Gasteiger partial charge in [0.2, 0.25) is 0 Å². The van der Waals surface area contributed by atoms with Gasteiger partial charge in [-0.1, -0.05) is 12.2 Å². The van der Waals surface area contributed by atoms with Gasteiger partial charge in [-0.05, 0) is 38.2 Å². The number of urea groups is 1. The van der Waals surface area contributed by atoms with Crippen molar-refractivity contribution < 1.29 is 9.59 Å². The third-order valence-electron chi connectivity index (χ3n) is 5.06. The van der Waals surface area contributed by atoms with Crippen molar-refractivity contribution in [2.75, 3.05) is 32.7 Å². The summed E-state index contributed by atoms with van der Waals surface area (Å²) in [4.78, 5) is 28.4. The van der Waals surface area contributed by atoms with Crippen LogP contribution in [0.4, 0.5) is 4.79 Å². The van der Waals surface area contributed by atoms with Crippen LogP contribution in [0.25, 0.3) is 0 Å². The highest BCUT2D eigenvalue weighted by molar-refractivity contribution is 5.92. The number of aryl methyl sites for hydroxylation is 2. The predicted octanol–water partition coefficient (Wildman–Crippen LogP) is 1.55. The molecule has 3 rings (SSSR count). The molecule has 0 bridgehead atoms. The molecule has 136 valence electrons. The van der Waals surface area contributed by atoms with Gasteiger partial charge >= 0.3 is 6.03 Å². The van der Waals surface area contributed by atoms with Crippen molar-refractivity contribution in [1.29, 1.82) is 0 Å². The average molecular weight is 345 g/mol. The highest BCUT2D eigenvalue weighted by Crippen LogP contribution is 2.20. The summed E-state index contributed by atoms with van der Waals surface area (Å²) in [5.41, 5.74) is 1.44. The molecular weight excluding hydrogens is 318 g/mol. The van der Waals surface area contributed by atoms with Gasteiger partial charge in [-0.15, -0.1) is 0 Å². The van der Waals surface area contributed by atoms with Crippen LogP contribution in [0.5, 0.6) is 0 Å². The minimum atomic E-state index is -0.0436. The first-order chi connectivity index (χ1) is 12.0. The number of rotatable bonds is 6. The Hall–Kier alpha value is -2.31. The minimum absolute atomic E-state index is 0.0401. The Morgan fingerprint density at radius 2 is 2.28 bits per heavy atom. The Labute approximate surface area is 148 Å². The molecule has 1 fully saturated rings. The van der Waals surface area contributed by atoms with Gasteiger partial charge in [0, 0.05) is 45.5 Å². The molecule has 1 unspecified atom stereocenters. The lowest BCUT2D eigenvalue weighted by Gasteiger charge is -2.29. The Balaban J connectivity index is 1.69. The van der Waals surface area contributed by atoms with E-state index in [0.717, 1.165) is 25.0 Å². The largest absolute Gasteiger partial charge is 0.336 e. The zero-order valence-corrected chi connectivity index (χ0v) is 15.1. The van der Waals surface area contributed by atoms with Crippen LogP contribution in [-0.2, 0) is 7.05 Å². The van der Waals surface area contributed by atoms with E-state index < -0.39 is 0 Å². The number of hydrogen-bond donors (Lipinski definition) is 1. The molecule has 1 aromatic heterocycles. The van der Waals surface area contributed by atoms with Crippen molar-refractivity contribution >= 4 is 11.9 Å². The topological polar surface area (TPSA) is 70.5 Å². The van der Waals surface area contributed by atoms with Gasteiger partial charge in [0.1, 0.15) is 0 Å². The second kappa shape index (κ2) is 7.72. The molecule has 1 aliphatic carbocycles. The van der Waals surface area contributed by atoms with Crippen molar-refractivity contribution in [3.8, 4) is 0 Å². The molecule has 0 saturated carbocycles. The summed E-state index contributed by atoms with van der Waals surface area (Å²) in [6.45, 7) is 5.15. The molecule has 2 heterocycles. The van der Waals surface area contributed by atoms with E-state index in [1.54, 1.807) is 9.58 Å². The maximum atomic E-state index is 13.0. The first kappa shape index (κ1) is 17.5. The number of nitrogens with one attached hydrogen (secondary N) is 1. The summed E-state index contributed by atoms with van der Waals surface area (Å²) in [6, 6.07) is 1.79. The number of amides is 3. The number of allylic oxidation sites excluding steroid dienone is 2. The highest BCUT2D eigenvalue weighted by Gasteiger charge is 2.25. The van der Waals surface area contributed by atoms with E-state index in [9.17, 15) is 9.59 Å². The van der Waals surface area contributed by atoms with E-state index in [2.05, 4.69) is 22.6 Å². The smallest absolute Gasteiger partial charge is 0.317 e. The lowest BCUT2D eigenvalue weighted by atomic mass is 9.94. The van der Waals surface area contributed by atoms with Crippen LogP contribution in [0.15, 0.2) is 18.2 Å². The maximum absolute atomic E-state index is 13.0. The number of carbonyl (C=O) groups excluding carboxylic acids is 2. The van der Waals surface area contributed by atoms with Crippen molar-refractivity contribution in [3.05, 3.63) is 29.6 Å². The van der Waals surface area contributed by atoms with E-state index in [1.807, 2.05) is 24.9 Å². The molecule has 1 atom stereocenters. The van der Waals surface area contributed by atoms with Crippen molar-refractivity contribution in [1.82, 2.24) is 24.9 Å². The summed E-state index contributed by atoms with van der Waals surface area (Å²) in [5.74, 6) is 0.434. The van der Waals surface area contributed by atoms with Gasteiger partial charge in [-0.25, -0.2) is 4.79 Å². The van der Waals surface area contributed by atoms with E-state index in [4.69, 9.17) is 0 Å². The second-order valence-corrected chi connectivity index (χ2v) is 6.92. The molecule has 0 aromatic carbocycles. The Morgan fingerprint density at radius 1 is 1.44 bits per heavy atom. The van der Waals surface area contributed by atoms with Crippen LogP contribution in [0.3, 0.4) is 0 Å². The normalized spacial score (nSPS) is 20.0. The van der Waals surface area contributed by atoms with E-state index in [-0.39, 0.29) is 11.9 Å².